The van der Waals surface area contributed by atoms with Gasteiger partial charge in [-0.3, -0.25) is 24.0 Å². The minimum absolute atomic E-state index is 0.0345. The van der Waals surface area contributed by atoms with Crippen molar-refractivity contribution in [2.45, 2.75) is 124 Å². The average molecular weight is 744 g/mol. The average Bonchev–Trinajstić information content (AvgIpc) is 3.50. The fourth-order valence-electron chi connectivity index (χ4n) is 7.26. The molecular formula is C41H53N5O8. The molecule has 4 heterocycles. The Kier molecular flexibility index (Phi) is 12.3. The number of hydrogen-bond donors (Lipinski definition) is 4. The second kappa shape index (κ2) is 16.5. The number of unbranched alkanes of at least 4 members (excludes halogenated alkanes) is 4. The summed E-state index contributed by atoms with van der Waals surface area (Å²) in [5.74, 6) is -1.55. The van der Waals surface area contributed by atoms with Gasteiger partial charge in [0.2, 0.25) is 17.7 Å². The zero-order valence-electron chi connectivity index (χ0n) is 32.1. The van der Waals surface area contributed by atoms with Crippen molar-refractivity contribution in [2.75, 3.05) is 6.54 Å². The van der Waals surface area contributed by atoms with Gasteiger partial charge in [0.05, 0.1) is 40.8 Å². The lowest BCUT2D eigenvalue weighted by Gasteiger charge is -2.35. The SMILES string of the molecule is C=C1OCc2c(cc3n(c2=O)Cc2c-3nc3ccc(OC(=O)C(C)(C)CCNC(=O)[C@@H](CC(N)=O)NC(=O)CCCCCCC)cc3c2CC)[C@@]1(O)CC. The van der Waals surface area contributed by atoms with E-state index in [0.29, 0.717) is 59.6 Å². The highest BCUT2D eigenvalue weighted by molar-refractivity contribution is 5.92. The number of rotatable bonds is 17. The lowest BCUT2D eigenvalue weighted by Crippen LogP contribution is -2.49. The first kappa shape index (κ1) is 40.2. The van der Waals surface area contributed by atoms with E-state index in [1.165, 1.54) is 0 Å². The first-order valence-electron chi connectivity index (χ1n) is 19.0. The number of carbonyl (C=O) groups excluding carboxylic acids is 4. The third-order valence-electron chi connectivity index (χ3n) is 10.7. The number of aryl methyl sites for hydroxylation is 1. The van der Waals surface area contributed by atoms with E-state index in [4.69, 9.17) is 20.2 Å². The van der Waals surface area contributed by atoms with Crippen molar-refractivity contribution < 1.29 is 33.8 Å². The molecule has 0 fully saturated rings. The number of esters is 1. The second-order valence-electron chi connectivity index (χ2n) is 15.0. The Morgan fingerprint density at radius 3 is 2.54 bits per heavy atom. The second-order valence-corrected chi connectivity index (χ2v) is 15.0. The van der Waals surface area contributed by atoms with Gasteiger partial charge in [-0.1, -0.05) is 53.0 Å². The smallest absolute Gasteiger partial charge is 0.316 e. The number of primary amides is 1. The van der Waals surface area contributed by atoms with Crippen LogP contribution >= 0.6 is 0 Å². The molecule has 3 aromatic rings. The van der Waals surface area contributed by atoms with Crippen molar-refractivity contribution in [1.29, 1.82) is 0 Å². The third kappa shape index (κ3) is 8.20. The van der Waals surface area contributed by atoms with Gasteiger partial charge in [-0.2, -0.15) is 0 Å². The molecule has 2 aromatic heterocycles. The number of hydrogen-bond acceptors (Lipinski definition) is 9. The molecule has 0 bridgehead atoms. The topological polar surface area (TPSA) is 192 Å². The van der Waals surface area contributed by atoms with Crippen LogP contribution in [0, 0.1) is 5.41 Å². The summed E-state index contributed by atoms with van der Waals surface area (Å²) in [6.07, 6.45) is 5.89. The van der Waals surface area contributed by atoms with Crippen LogP contribution < -0.4 is 26.7 Å². The lowest BCUT2D eigenvalue weighted by molar-refractivity contribution is -0.144. The monoisotopic (exact) mass is 743 g/mol. The summed E-state index contributed by atoms with van der Waals surface area (Å²) in [6, 6.07) is 5.96. The van der Waals surface area contributed by atoms with Crippen molar-refractivity contribution in [3.05, 3.63) is 69.2 Å². The number of fused-ring (bicyclic) bond motifs is 5. The standard InChI is InChI=1S/C41H53N5O8/c1-7-10-11-12-13-14-35(48)44-32(21-34(42)47)37(49)43-18-17-40(5,6)39(51)54-25-15-16-31-27(19-25)26(8-2)28-22-46-33(36(28)45-31)20-30-29(38(46)50)23-53-24(4)41(30,52)9-3/h15-16,19-20,32,52H,4,7-14,17-18,21-23H2,1-3,5-6H3,(H2,42,47)(H,43,49)(H,44,48)/t32-,41-/m1/s1. The Morgan fingerprint density at radius 2 is 1.85 bits per heavy atom. The number of carbonyl (C=O) groups is 4. The van der Waals surface area contributed by atoms with Crippen LogP contribution in [0.15, 0.2) is 41.4 Å². The molecule has 1 aromatic carbocycles. The summed E-state index contributed by atoms with van der Waals surface area (Å²) in [6.45, 7) is 13.7. The third-order valence-corrected chi connectivity index (χ3v) is 10.7. The Balaban J connectivity index is 1.27. The van der Waals surface area contributed by atoms with Gasteiger partial charge in [-0.05, 0) is 69.4 Å². The molecule has 2 atom stereocenters. The predicted octanol–water partition coefficient (Wildman–Crippen LogP) is 4.79. The molecule has 5 rings (SSSR count). The van der Waals surface area contributed by atoms with E-state index in [9.17, 15) is 29.1 Å². The molecule has 13 nitrogen and oxygen atoms in total. The summed E-state index contributed by atoms with van der Waals surface area (Å²) >= 11 is 0. The van der Waals surface area contributed by atoms with Crippen LogP contribution in [-0.4, -0.2) is 50.9 Å². The highest BCUT2D eigenvalue weighted by atomic mass is 16.5. The van der Waals surface area contributed by atoms with Gasteiger partial charge in [0.25, 0.3) is 5.56 Å². The molecule has 290 valence electrons. The van der Waals surface area contributed by atoms with Crippen LogP contribution in [0.2, 0.25) is 0 Å². The molecule has 0 radical (unpaired) electrons. The van der Waals surface area contributed by atoms with E-state index in [0.717, 1.165) is 42.2 Å². The Morgan fingerprint density at radius 1 is 1.11 bits per heavy atom. The van der Waals surface area contributed by atoms with Crippen molar-refractivity contribution in [1.82, 2.24) is 20.2 Å². The summed E-state index contributed by atoms with van der Waals surface area (Å²) in [4.78, 5) is 69.2. The molecule has 5 N–H and O–H groups in total. The molecule has 54 heavy (non-hydrogen) atoms. The van der Waals surface area contributed by atoms with Crippen LogP contribution in [0.4, 0.5) is 0 Å². The number of aromatic nitrogens is 2. The van der Waals surface area contributed by atoms with Gasteiger partial charge in [0, 0.05) is 29.5 Å². The Bertz CT molecular complexity index is 2040. The first-order chi connectivity index (χ1) is 25.6. The number of amides is 3. The van der Waals surface area contributed by atoms with Gasteiger partial charge >= 0.3 is 5.97 Å². The number of ether oxygens (including phenoxy) is 2. The molecule has 0 saturated heterocycles. The number of benzene rings is 1. The van der Waals surface area contributed by atoms with Crippen LogP contribution in [0.1, 0.15) is 115 Å². The number of nitrogens with one attached hydrogen (secondary N) is 2. The molecule has 0 unspecified atom stereocenters. The number of nitrogens with zero attached hydrogens (tertiary/aromatic N) is 2. The predicted molar refractivity (Wildman–Crippen MR) is 204 cm³/mol. The minimum atomic E-state index is -1.48. The van der Waals surface area contributed by atoms with Gasteiger partial charge < -0.3 is 35.5 Å². The van der Waals surface area contributed by atoms with Crippen LogP contribution in [0.3, 0.4) is 0 Å². The summed E-state index contributed by atoms with van der Waals surface area (Å²) < 4.78 is 13.2. The summed E-state index contributed by atoms with van der Waals surface area (Å²) in [5.41, 5.74) is 7.35. The highest BCUT2D eigenvalue weighted by Crippen LogP contribution is 2.43. The van der Waals surface area contributed by atoms with Gasteiger partial charge in [-0.25, -0.2) is 4.98 Å². The number of nitrogens with two attached hydrogens (primary N) is 1. The zero-order chi connectivity index (χ0) is 39.4. The van der Waals surface area contributed by atoms with Gasteiger partial charge in [0.1, 0.15) is 29.8 Å². The molecule has 13 heteroatoms. The normalized spacial score (nSPS) is 16.5. The minimum Gasteiger partial charge on any atom is -0.490 e. The molecule has 0 spiro atoms. The summed E-state index contributed by atoms with van der Waals surface area (Å²) in [5, 5.41) is 17.6. The van der Waals surface area contributed by atoms with E-state index in [1.54, 1.807) is 36.6 Å². The van der Waals surface area contributed by atoms with Crippen molar-refractivity contribution in [2.24, 2.45) is 11.1 Å². The Labute approximate surface area is 315 Å². The maximum absolute atomic E-state index is 13.7. The fraction of sp³-hybridized carbons (Fsp3) is 0.512. The molecule has 2 aliphatic heterocycles. The zero-order valence-corrected chi connectivity index (χ0v) is 32.1. The Hall–Kier alpha value is -5.04. The molecule has 0 aliphatic carbocycles. The van der Waals surface area contributed by atoms with E-state index in [-0.39, 0.29) is 49.6 Å². The van der Waals surface area contributed by atoms with Crippen molar-refractivity contribution >= 4 is 34.6 Å². The molecule has 0 saturated carbocycles. The quantitative estimate of drug-likeness (QED) is 0.0669. The van der Waals surface area contributed by atoms with Crippen LogP contribution in [0.25, 0.3) is 22.3 Å². The van der Waals surface area contributed by atoms with Crippen molar-refractivity contribution in [3.63, 3.8) is 0 Å². The van der Waals surface area contributed by atoms with E-state index in [1.807, 2.05) is 19.9 Å². The van der Waals surface area contributed by atoms with E-state index >= 15 is 0 Å². The van der Waals surface area contributed by atoms with Gasteiger partial charge in [0.15, 0.2) is 0 Å². The number of pyridine rings is 2. The van der Waals surface area contributed by atoms with Gasteiger partial charge in [-0.15, -0.1) is 0 Å². The first-order valence-corrected chi connectivity index (χ1v) is 19.0. The number of aliphatic hydroxyl groups is 1. The fourth-order valence-corrected chi connectivity index (χ4v) is 7.26. The molecule has 3 amide bonds. The van der Waals surface area contributed by atoms with Crippen molar-refractivity contribution in [3.8, 4) is 17.1 Å². The molecular weight excluding hydrogens is 690 g/mol. The maximum atomic E-state index is 13.7. The maximum Gasteiger partial charge on any atom is 0.316 e. The molecule has 2 aliphatic rings. The largest absolute Gasteiger partial charge is 0.490 e. The van der Waals surface area contributed by atoms with Crippen LogP contribution in [-0.2, 0) is 49.1 Å². The summed E-state index contributed by atoms with van der Waals surface area (Å²) in [7, 11) is 0. The van der Waals surface area contributed by atoms with Crippen LogP contribution in [0.5, 0.6) is 5.75 Å². The van der Waals surface area contributed by atoms with E-state index in [2.05, 4.69) is 24.1 Å². The van der Waals surface area contributed by atoms with E-state index < -0.39 is 34.8 Å². The lowest BCUT2D eigenvalue weighted by atomic mass is 9.84. The highest BCUT2D eigenvalue weighted by Gasteiger charge is 2.41.